The molecule has 0 saturated carbocycles. The highest BCUT2D eigenvalue weighted by Gasteiger charge is 2.16. The molecule has 96 valence electrons. The number of anilines is 1. The second-order valence-corrected chi connectivity index (χ2v) is 4.40. The number of fused-ring (bicyclic) bond motifs is 1. The minimum absolute atomic E-state index is 0.0198. The largest absolute Gasteiger partial charge is 0.436 e. The Hall–Kier alpha value is -2.14. The van der Waals surface area contributed by atoms with Crippen LogP contribution in [-0.2, 0) is 0 Å². The summed E-state index contributed by atoms with van der Waals surface area (Å²) >= 11 is 5.49. The number of aromatic nitrogens is 1. The monoisotopic (exact) mass is 280 g/mol. The minimum Gasteiger partial charge on any atom is -0.436 e. The third-order valence-corrected chi connectivity index (χ3v) is 2.94. The average Bonchev–Trinajstić information content (AvgIpc) is 2.76. The first-order chi connectivity index (χ1) is 9.04. The lowest BCUT2D eigenvalue weighted by molar-refractivity contribution is 0.580. The van der Waals surface area contributed by atoms with Gasteiger partial charge in [0.05, 0.1) is 10.6 Å². The highest BCUT2D eigenvalue weighted by Crippen LogP contribution is 2.30. The fraction of sp³-hybridized carbons (Fsp3) is 0. The van der Waals surface area contributed by atoms with Crippen molar-refractivity contribution in [1.82, 2.24) is 4.98 Å². The van der Waals surface area contributed by atoms with Gasteiger partial charge in [0.25, 0.3) is 0 Å². The first kappa shape index (κ1) is 11.9. The van der Waals surface area contributed by atoms with Crippen molar-refractivity contribution in [2.75, 3.05) is 5.73 Å². The molecule has 0 spiro atoms. The normalized spacial score (nSPS) is 11.1. The minimum atomic E-state index is -0.736. The Bertz CT molecular complexity index is 786. The number of halogens is 3. The number of hydrogen-bond acceptors (Lipinski definition) is 3. The molecule has 3 aromatic rings. The molecule has 1 aromatic heterocycles. The van der Waals surface area contributed by atoms with Gasteiger partial charge >= 0.3 is 0 Å². The number of nitrogen functional groups attached to an aromatic ring is 1. The van der Waals surface area contributed by atoms with Crippen LogP contribution in [0.2, 0.25) is 5.02 Å². The fourth-order valence-electron chi connectivity index (χ4n) is 1.74. The number of nitrogens with two attached hydrogens (primary N) is 1. The van der Waals surface area contributed by atoms with E-state index < -0.39 is 11.6 Å². The van der Waals surface area contributed by atoms with Crippen LogP contribution in [0, 0.1) is 11.6 Å². The molecule has 3 nitrogen and oxygen atoms in total. The Balaban J connectivity index is 2.21. The first-order valence-electron chi connectivity index (χ1n) is 5.35. The molecule has 2 N–H and O–H groups in total. The van der Waals surface area contributed by atoms with Gasteiger partial charge < -0.3 is 10.2 Å². The Morgan fingerprint density at radius 1 is 1.11 bits per heavy atom. The van der Waals surface area contributed by atoms with Crippen LogP contribution >= 0.6 is 11.6 Å². The molecule has 2 aromatic carbocycles. The van der Waals surface area contributed by atoms with Crippen LogP contribution in [0.4, 0.5) is 14.5 Å². The summed E-state index contributed by atoms with van der Waals surface area (Å²) in [6.45, 7) is 0. The number of rotatable bonds is 1. The molecule has 6 heteroatoms. The van der Waals surface area contributed by atoms with E-state index in [9.17, 15) is 8.78 Å². The molecule has 0 unspecified atom stereocenters. The molecular formula is C13H7ClF2N2O. The van der Waals surface area contributed by atoms with E-state index in [0.29, 0.717) is 16.8 Å². The van der Waals surface area contributed by atoms with E-state index in [0.717, 1.165) is 12.1 Å². The summed E-state index contributed by atoms with van der Waals surface area (Å²) in [7, 11) is 0. The van der Waals surface area contributed by atoms with Crippen molar-refractivity contribution in [2.45, 2.75) is 0 Å². The molecule has 19 heavy (non-hydrogen) atoms. The Morgan fingerprint density at radius 2 is 1.89 bits per heavy atom. The molecule has 0 aliphatic carbocycles. The maximum atomic E-state index is 13.7. The van der Waals surface area contributed by atoms with Crippen molar-refractivity contribution < 1.29 is 13.2 Å². The zero-order valence-electron chi connectivity index (χ0n) is 9.45. The van der Waals surface area contributed by atoms with Gasteiger partial charge in [-0.05, 0) is 24.3 Å². The van der Waals surface area contributed by atoms with E-state index >= 15 is 0 Å². The van der Waals surface area contributed by atoms with Crippen molar-refractivity contribution in [2.24, 2.45) is 0 Å². The molecule has 0 amide bonds. The van der Waals surface area contributed by atoms with Crippen molar-refractivity contribution in [3.63, 3.8) is 0 Å². The van der Waals surface area contributed by atoms with Crippen molar-refractivity contribution in [3.05, 3.63) is 47.0 Å². The van der Waals surface area contributed by atoms with Crippen LogP contribution in [0.25, 0.3) is 22.6 Å². The SMILES string of the molecule is Nc1ccc2nc(-c3cc(F)c(Cl)cc3F)oc2c1. The van der Waals surface area contributed by atoms with E-state index in [2.05, 4.69) is 4.98 Å². The third-order valence-electron chi connectivity index (χ3n) is 2.65. The van der Waals surface area contributed by atoms with Gasteiger partial charge in [0.15, 0.2) is 5.58 Å². The summed E-state index contributed by atoms with van der Waals surface area (Å²) in [5, 5.41) is -0.290. The molecule has 3 rings (SSSR count). The van der Waals surface area contributed by atoms with Gasteiger partial charge in [-0.1, -0.05) is 11.6 Å². The van der Waals surface area contributed by atoms with Gasteiger partial charge in [0, 0.05) is 11.8 Å². The van der Waals surface area contributed by atoms with Gasteiger partial charge in [-0.2, -0.15) is 0 Å². The number of benzene rings is 2. The van der Waals surface area contributed by atoms with Crippen LogP contribution in [-0.4, -0.2) is 4.98 Å². The molecule has 0 atom stereocenters. The molecule has 1 heterocycles. The van der Waals surface area contributed by atoms with Crippen LogP contribution in [0.3, 0.4) is 0 Å². The highest BCUT2D eigenvalue weighted by atomic mass is 35.5. The Kier molecular flexibility index (Phi) is 2.64. The summed E-state index contributed by atoms with van der Waals surface area (Å²) in [5.74, 6) is -1.46. The number of hydrogen-bond donors (Lipinski definition) is 1. The van der Waals surface area contributed by atoms with Gasteiger partial charge in [0.2, 0.25) is 5.89 Å². The molecule has 0 fully saturated rings. The molecular weight excluding hydrogens is 274 g/mol. The predicted octanol–water partition coefficient (Wildman–Crippen LogP) is 4.01. The summed E-state index contributed by atoms with van der Waals surface area (Å²) in [5.41, 5.74) is 6.94. The Morgan fingerprint density at radius 3 is 2.68 bits per heavy atom. The average molecular weight is 281 g/mol. The second-order valence-electron chi connectivity index (χ2n) is 3.99. The smallest absolute Gasteiger partial charge is 0.230 e. The zero-order chi connectivity index (χ0) is 13.6. The van der Waals surface area contributed by atoms with E-state index in [1.54, 1.807) is 18.2 Å². The molecule has 0 aliphatic rings. The topological polar surface area (TPSA) is 52.0 Å². The molecule has 0 radical (unpaired) electrons. The summed E-state index contributed by atoms with van der Waals surface area (Å²) < 4.78 is 32.5. The summed E-state index contributed by atoms with van der Waals surface area (Å²) in [4.78, 5) is 4.08. The molecule has 0 aliphatic heterocycles. The lowest BCUT2D eigenvalue weighted by atomic mass is 10.2. The first-order valence-corrected chi connectivity index (χ1v) is 5.73. The highest BCUT2D eigenvalue weighted by molar-refractivity contribution is 6.30. The summed E-state index contributed by atoms with van der Waals surface area (Å²) in [6, 6.07) is 6.69. The quantitative estimate of drug-likeness (QED) is 0.541. The zero-order valence-corrected chi connectivity index (χ0v) is 10.2. The maximum absolute atomic E-state index is 13.7. The van der Waals surface area contributed by atoms with Crippen LogP contribution < -0.4 is 5.73 Å². The standard InChI is InChI=1S/C13H7ClF2N2O/c14-8-5-9(15)7(4-10(8)16)13-18-11-2-1-6(17)3-12(11)19-13/h1-5H,17H2. The van der Waals surface area contributed by atoms with Crippen LogP contribution in [0.5, 0.6) is 0 Å². The predicted molar refractivity (Wildman–Crippen MR) is 68.8 cm³/mol. The Labute approximate surface area is 111 Å². The lowest BCUT2D eigenvalue weighted by Gasteiger charge is -2.00. The van der Waals surface area contributed by atoms with E-state index in [4.69, 9.17) is 21.8 Å². The second kappa shape index (κ2) is 4.20. The van der Waals surface area contributed by atoms with Crippen molar-refractivity contribution >= 4 is 28.4 Å². The maximum Gasteiger partial charge on any atom is 0.230 e. The van der Waals surface area contributed by atoms with E-state index in [1.165, 1.54) is 0 Å². The van der Waals surface area contributed by atoms with E-state index in [-0.39, 0.29) is 16.5 Å². The van der Waals surface area contributed by atoms with Crippen molar-refractivity contribution in [1.29, 1.82) is 0 Å². The number of nitrogens with zero attached hydrogens (tertiary/aromatic N) is 1. The number of oxazole rings is 1. The lowest BCUT2D eigenvalue weighted by Crippen LogP contribution is -1.88. The third kappa shape index (κ3) is 2.02. The van der Waals surface area contributed by atoms with Gasteiger partial charge in [-0.15, -0.1) is 0 Å². The van der Waals surface area contributed by atoms with Crippen LogP contribution in [0.1, 0.15) is 0 Å². The molecule has 0 saturated heterocycles. The van der Waals surface area contributed by atoms with E-state index in [1.807, 2.05) is 0 Å². The fourth-order valence-corrected chi connectivity index (χ4v) is 1.89. The van der Waals surface area contributed by atoms with Gasteiger partial charge in [-0.3, -0.25) is 0 Å². The van der Waals surface area contributed by atoms with Gasteiger partial charge in [0.1, 0.15) is 17.2 Å². The van der Waals surface area contributed by atoms with Crippen LogP contribution in [0.15, 0.2) is 34.7 Å². The summed E-state index contributed by atoms with van der Waals surface area (Å²) in [6.07, 6.45) is 0. The molecule has 0 bridgehead atoms. The van der Waals surface area contributed by atoms with Crippen molar-refractivity contribution in [3.8, 4) is 11.5 Å². The van der Waals surface area contributed by atoms with Gasteiger partial charge in [-0.25, -0.2) is 13.8 Å².